The van der Waals surface area contributed by atoms with Crippen LogP contribution in [0.2, 0.25) is 10.0 Å². The van der Waals surface area contributed by atoms with E-state index in [9.17, 15) is 0 Å². The maximum absolute atomic E-state index is 6.34. The Balaban J connectivity index is 2.65. The molecule has 0 aliphatic carbocycles. The van der Waals surface area contributed by atoms with Crippen molar-refractivity contribution >= 4 is 39.1 Å². The second-order valence-electron chi connectivity index (χ2n) is 5.20. The Hall–Kier alpha value is -0.500. The van der Waals surface area contributed by atoms with Crippen LogP contribution in [0.3, 0.4) is 0 Å². The molecule has 2 aromatic rings. The van der Waals surface area contributed by atoms with Gasteiger partial charge in [-0.1, -0.05) is 45.2 Å². The van der Waals surface area contributed by atoms with Gasteiger partial charge in [-0.3, -0.25) is 0 Å². The molecule has 106 valence electrons. The van der Waals surface area contributed by atoms with Crippen molar-refractivity contribution in [2.24, 2.45) is 0 Å². The lowest BCUT2D eigenvalue weighted by Crippen LogP contribution is -2.03. The minimum Gasteiger partial charge on any atom is -0.0843 e. The molecular formula is C17H17BrCl2. The van der Waals surface area contributed by atoms with Crippen molar-refractivity contribution in [2.45, 2.75) is 32.5 Å². The Morgan fingerprint density at radius 3 is 2.00 bits per heavy atom. The Morgan fingerprint density at radius 1 is 0.900 bits per heavy atom. The van der Waals surface area contributed by atoms with Crippen LogP contribution >= 0.6 is 39.1 Å². The predicted octanol–water partition coefficient (Wildman–Crippen LogP) is 6.71. The molecule has 0 saturated heterocycles. The molecule has 0 bridgehead atoms. The summed E-state index contributed by atoms with van der Waals surface area (Å²) in [6, 6.07) is 7.82. The van der Waals surface area contributed by atoms with Crippen LogP contribution in [0.5, 0.6) is 0 Å². The molecule has 0 heterocycles. The van der Waals surface area contributed by atoms with E-state index in [4.69, 9.17) is 23.2 Å². The SMILES string of the molecule is Cc1cc(C)c(C)c(C(Br)c2cc(Cl)ccc2Cl)c1C. The summed E-state index contributed by atoms with van der Waals surface area (Å²) >= 11 is 16.3. The standard InChI is InChI=1S/C17H17BrCl2/c1-9-7-10(2)12(4)16(11(9)3)17(18)14-8-13(19)5-6-15(14)20/h5-8,17H,1-4H3. The third-order valence-corrected chi connectivity index (χ3v) is 5.44. The summed E-state index contributed by atoms with van der Waals surface area (Å²) in [6.45, 7) is 8.60. The van der Waals surface area contributed by atoms with Gasteiger partial charge in [-0.05, 0) is 79.3 Å². The average Bonchev–Trinajstić information content (AvgIpc) is 2.39. The molecule has 0 fully saturated rings. The van der Waals surface area contributed by atoms with E-state index in [1.807, 2.05) is 18.2 Å². The molecular weight excluding hydrogens is 355 g/mol. The fraction of sp³-hybridized carbons (Fsp3) is 0.294. The lowest BCUT2D eigenvalue weighted by Gasteiger charge is -2.21. The quantitative estimate of drug-likeness (QED) is 0.514. The van der Waals surface area contributed by atoms with Crippen molar-refractivity contribution in [1.82, 2.24) is 0 Å². The Morgan fingerprint density at radius 2 is 1.45 bits per heavy atom. The van der Waals surface area contributed by atoms with E-state index in [0.717, 1.165) is 10.6 Å². The molecule has 20 heavy (non-hydrogen) atoms. The highest BCUT2D eigenvalue weighted by atomic mass is 79.9. The van der Waals surface area contributed by atoms with Crippen molar-refractivity contribution in [3.05, 3.63) is 67.7 Å². The summed E-state index contributed by atoms with van der Waals surface area (Å²) < 4.78 is 0. The Bertz CT molecular complexity index is 636. The maximum atomic E-state index is 6.34. The molecule has 3 heteroatoms. The summed E-state index contributed by atoms with van der Waals surface area (Å²) in [5, 5.41) is 1.43. The first-order chi connectivity index (χ1) is 9.32. The zero-order valence-electron chi connectivity index (χ0n) is 12.0. The molecule has 0 aliphatic heterocycles. The van der Waals surface area contributed by atoms with Gasteiger partial charge in [0.25, 0.3) is 0 Å². The number of alkyl halides is 1. The second kappa shape index (κ2) is 6.09. The van der Waals surface area contributed by atoms with E-state index >= 15 is 0 Å². The second-order valence-corrected chi connectivity index (χ2v) is 6.96. The fourth-order valence-electron chi connectivity index (χ4n) is 2.49. The highest BCUT2D eigenvalue weighted by Crippen LogP contribution is 2.40. The van der Waals surface area contributed by atoms with Gasteiger partial charge in [0, 0.05) is 10.0 Å². The van der Waals surface area contributed by atoms with E-state index in [1.165, 1.54) is 27.8 Å². The maximum Gasteiger partial charge on any atom is 0.0665 e. The minimum absolute atomic E-state index is 0.0484. The molecule has 0 saturated carbocycles. The van der Waals surface area contributed by atoms with Crippen molar-refractivity contribution in [1.29, 1.82) is 0 Å². The first-order valence-electron chi connectivity index (χ1n) is 6.49. The highest BCUT2D eigenvalue weighted by molar-refractivity contribution is 9.09. The van der Waals surface area contributed by atoms with Gasteiger partial charge in [0.15, 0.2) is 0 Å². The van der Waals surface area contributed by atoms with Crippen LogP contribution in [0.1, 0.15) is 38.2 Å². The third-order valence-electron chi connectivity index (χ3n) is 3.91. The van der Waals surface area contributed by atoms with Crippen LogP contribution < -0.4 is 0 Å². The predicted molar refractivity (Wildman–Crippen MR) is 92.6 cm³/mol. The molecule has 0 nitrogen and oxygen atoms in total. The average molecular weight is 372 g/mol. The zero-order valence-corrected chi connectivity index (χ0v) is 15.1. The molecule has 0 spiro atoms. The molecule has 0 aliphatic rings. The van der Waals surface area contributed by atoms with Crippen LogP contribution in [-0.2, 0) is 0 Å². The summed E-state index contributed by atoms with van der Waals surface area (Å²) in [5.41, 5.74) is 7.48. The van der Waals surface area contributed by atoms with Crippen LogP contribution in [-0.4, -0.2) is 0 Å². The van der Waals surface area contributed by atoms with E-state index in [0.29, 0.717) is 5.02 Å². The van der Waals surface area contributed by atoms with Gasteiger partial charge in [-0.2, -0.15) is 0 Å². The van der Waals surface area contributed by atoms with E-state index in [2.05, 4.69) is 49.7 Å². The number of hydrogen-bond acceptors (Lipinski definition) is 0. The number of hydrogen-bond donors (Lipinski definition) is 0. The van der Waals surface area contributed by atoms with Gasteiger partial charge in [0.1, 0.15) is 0 Å². The van der Waals surface area contributed by atoms with Gasteiger partial charge >= 0.3 is 0 Å². The third kappa shape index (κ3) is 2.90. The van der Waals surface area contributed by atoms with Gasteiger partial charge in [0.2, 0.25) is 0 Å². The Kier molecular flexibility index (Phi) is 4.84. The minimum atomic E-state index is 0.0484. The fourth-order valence-corrected chi connectivity index (χ4v) is 4.10. The lowest BCUT2D eigenvalue weighted by molar-refractivity contribution is 1.08. The normalized spacial score (nSPS) is 12.6. The van der Waals surface area contributed by atoms with Crippen molar-refractivity contribution in [2.75, 3.05) is 0 Å². The van der Waals surface area contributed by atoms with Crippen LogP contribution in [0.25, 0.3) is 0 Å². The monoisotopic (exact) mass is 370 g/mol. The van der Waals surface area contributed by atoms with Gasteiger partial charge < -0.3 is 0 Å². The van der Waals surface area contributed by atoms with Crippen LogP contribution in [0.4, 0.5) is 0 Å². The van der Waals surface area contributed by atoms with Crippen molar-refractivity contribution < 1.29 is 0 Å². The van der Waals surface area contributed by atoms with E-state index < -0.39 is 0 Å². The van der Waals surface area contributed by atoms with Gasteiger partial charge in [0.05, 0.1) is 4.83 Å². The van der Waals surface area contributed by atoms with Gasteiger partial charge in [-0.15, -0.1) is 0 Å². The molecule has 2 rings (SSSR count). The van der Waals surface area contributed by atoms with Gasteiger partial charge in [-0.25, -0.2) is 0 Å². The van der Waals surface area contributed by atoms with E-state index in [-0.39, 0.29) is 4.83 Å². The van der Waals surface area contributed by atoms with E-state index in [1.54, 1.807) is 0 Å². The van der Waals surface area contributed by atoms with Crippen LogP contribution in [0, 0.1) is 27.7 Å². The van der Waals surface area contributed by atoms with Crippen molar-refractivity contribution in [3.63, 3.8) is 0 Å². The summed E-state index contributed by atoms with van der Waals surface area (Å²) in [7, 11) is 0. The number of aryl methyl sites for hydroxylation is 2. The number of halogens is 3. The first-order valence-corrected chi connectivity index (χ1v) is 8.16. The molecule has 1 unspecified atom stereocenters. The highest BCUT2D eigenvalue weighted by Gasteiger charge is 2.20. The van der Waals surface area contributed by atoms with Crippen molar-refractivity contribution in [3.8, 4) is 0 Å². The summed E-state index contributed by atoms with van der Waals surface area (Å²) in [6.07, 6.45) is 0. The molecule has 1 atom stereocenters. The number of benzene rings is 2. The largest absolute Gasteiger partial charge is 0.0843 e. The molecule has 2 aromatic carbocycles. The number of rotatable bonds is 2. The Labute approximate surface area is 139 Å². The summed E-state index contributed by atoms with van der Waals surface area (Å²) in [5.74, 6) is 0. The molecule has 0 aromatic heterocycles. The zero-order chi connectivity index (χ0) is 15.0. The first kappa shape index (κ1) is 15.9. The molecule has 0 radical (unpaired) electrons. The smallest absolute Gasteiger partial charge is 0.0665 e. The lowest BCUT2D eigenvalue weighted by atomic mass is 9.90. The molecule has 0 N–H and O–H groups in total. The van der Waals surface area contributed by atoms with Crippen LogP contribution in [0.15, 0.2) is 24.3 Å². The topological polar surface area (TPSA) is 0 Å². The molecule has 0 amide bonds. The summed E-state index contributed by atoms with van der Waals surface area (Å²) in [4.78, 5) is 0.0484.